The fourth-order valence-electron chi connectivity index (χ4n) is 7.17. The van der Waals surface area contributed by atoms with Crippen LogP contribution in [0.5, 0.6) is 5.75 Å². The Bertz CT molecular complexity index is 3380. The van der Waals surface area contributed by atoms with Crippen LogP contribution < -0.4 is 0 Å². The molecule has 0 spiro atoms. The summed E-state index contributed by atoms with van der Waals surface area (Å²) < 4.78 is 152. The first-order valence-electron chi connectivity index (χ1n) is 27.7. The molecule has 0 saturated heterocycles. The summed E-state index contributed by atoms with van der Waals surface area (Å²) in [5.41, 5.74) is -1.18. The minimum Gasteiger partial charge on any atom is -0.507 e. The molecule has 8 rings (SSSR count). The van der Waals surface area contributed by atoms with Crippen molar-refractivity contribution >= 4 is 11.0 Å². The second kappa shape index (κ2) is 15.9. The van der Waals surface area contributed by atoms with E-state index in [1.165, 1.54) is 48.5 Å². The predicted octanol–water partition coefficient (Wildman–Crippen LogP) is 14.2. The number of phenolic OH excluding ortho intramolecular Hbond substituents is 1. The number of benzene rings is 6. The van der Waals surface area contributed by atoms with Gasteiger partial charge >= 0.3 is 0 Å². The Morgan fingerprint density at radius 1 is 0.559 bits per heavy atom. The van der Waals surface area contributed by atoms with Crippen molar-refractivity contribution in [2.75, 3.05) is 0 Å². The van der Waals surface area contributed by atoms with Gasteiger partial charge in [0.25, 0.3) is 0 Å². The summed E-state index contributed by atoms with van der Waals surface area (Å²) in [6.45, 7) is -14.7. The van der Waals surface area contributed by atoms with Crippen LogP contribution in [0.2, 0.25) is 0 Å². The molecule has 8 aromatic rings. The van der Waals surface area contributed by atoms with Crippen LogP contribution in [0.25, 0.3) is 72.7 Å². The third-order valence-electron chi connectivity index (χ3n) is 10.3. The van der Waals surface area contributed by atoms with Crippen LogP contribution in [0.1, 0.15) is 103 Å². The maximum absolute atomic E-state index is 11.5. The van der Waals surface area contributed by atoms with Crippen LogP contribution in [0.3, 0.4) is 0 Å². The zero-order valence-corrected chi connectivity index (χ0v) is 34.7. The van der Waals surface area contributed by atoms with Crippen LogP contribution in [0.15, 0.2) is 146 Å². The molecule has 4 nitrogen and oxygen atoms in total. The van der Waals surface area contributed by atoms with Gasteiger partial charge in [0.05, 0.1) is 22.3 Å². The van der Waals surface area contributed by atoms with E-state index in [4.69, 9.17) is 34.6 Å². The van der Waals surface area contributed by atoms with E-state index in [9.17, 15) is 5.11 Å². The van der Waals surface area contributed by atoms with E-state index in [0.717, 1.165) is 5.56 Å². The third-order valence-corrected chi connectivity index (χ3v) is 10.3. The van der Waals surface area contributed by atoms with E-state index >= 15 is 0 Å². The summed E-state index contributed by atoms with van der Waals surface area (Å²) in [4.78, 5) is 9.95. The summed E-state index contributed by atoms with van der Waals surface area (Å²) in [5, 5.41) is 11.5. The fourth-order valence-corrected chi connectivity index (χ4v) is 7.17. The number of rotatable bonds is 6. The van der Waals surface area contributed by atoms with Crippen molar-refractivity contribution in [3.05, 3.63) is 168 Å². The van der Waals surface area contributed by atoms with Gasteiger partial charge in [-0.3, -0.25) is 9.55 Å². The number of hydrogen-bond donors (Lipinski definition) is 1. The number of nitrogens with zero attached hydrogens (tertiary/aromatic N) is 3. The molecule has 59 heavy (non-hydrogen) atoms. The summed E-state index contributed by atoms with van der Waals surface area (Å²) in [5.74, 6) is 0.112. The first-order chi connectivity index (χ1) is 35.1. The summed E-state index contributed by atoms with van der Waals surface area (Å²) in [6, 6.07) is 41.1. The Labute approximate surface area is 389 Å². The van der Waals surface area contributed by atoms with Crippen molar-refractivity contribution in [1.29, 1.82) is 0 Å². The Morgan fingerprint density at radius 3 is 1.93 bits per heavy atom. The molecule has 0 aliphatic heterocycles. The maximum Gasteiger partial charge on any atom is 0.148 e. The minimum absolute atomic E-state index is 0. The zero-order valence-electron chi connectivity index (χ0n) is 50.5. The molecule has 6 aromatic carbocycles. The van der Waals surface area contributed by atoms with E-state index in [1.54, 1.807) is 77.5 Å². The molecule has 0 amide bonds. The normalized spacial score (nSPS) is 17.9. The molecule has 300 valence electrons. The fraction of sp³-hybridized carbons (Fsp3) is 0.222. The number of aromatic nitrogens is 3. The standard InChI is InChI=1S/C54H52N3O.Pt/c1-52(2,3)40-24-22-35(23-25-40)37-28-29-55-46(33-37)39-30-38(31-42(32-39)54(7,8)9)43-19-15-20-48-50(43)56-51(44-18-13-14-21-49(44)58)57(48)47-27-26-41(53(4,5)6)34-45(47)36-16-11-10-12-17-36;/h10-29,31-34,58H,1-9H3;/q-1;/i1D3,2D3,3D3,4D3,5D3,6D3;. The first kappa shape index (κ1) is 24.5. The largest absolute Gasteiger partial charge is 0.507 e. The predicted molar refractivity (Wildman–Crippen MR) is 243 cm³/mol. The van der Waals surface area contributed by atoms with Crippen LogP contribution in [-0.2, 0) is 37.3 Å². The molecule has 0 bridgehead atoms. The van der Waals surface area contributed by atoms with Crippen LogP contribution in [0.4, 0.5) is 0 Å². The van der Waals surface area contributed by atoms with E-state index in [2.05, 4.69) is 6.07 Å². The second-order valence-corrected chi connectivity index (χ2v) is 15.5. The molecule has 1 N–H and O–H groups in total. The molecule has 0 unspecified atom stereocenters. The number of hydrogen-bond acceptors (Lipinski definition) is 3. The van der Waals surface area contributed by atoms with Gasteiger partial charge in [-0.1, -0.05) is 164 Å². The van der Waals surface area contributed by atoms with Crippen LogP contribution in [0, 0.1) is 6.07 Å². The molecule has 0 aliphatic carbocycles. The molecular weight excluding hydrogens is 902 g/mol. The summed E-state index contributed by atoms with van der Waals surface area (Å²) in [7, 11) is 0. The van der Waals surface area contributed by atoms with Crippen molar-refractivity contribution < 1.29 is 50.8 Å². The van der Waals surface area contributed by atoms with Gasteiger partial charge in [0.1, 0.15) is 11.6 Å². The molecule has 5 heteroatoms. The van der Waals surface area contributed by atoms with Gasteiger partial charge in [-0.2, -0.15) is 0 Å². The van der Waals surface area contributed by atoms with Gasteiger partial charge in [0.15, 0.2) is 0 Å². The van der Waals surface area contributed by atoms with Crippen molar-refractivity contribution in [3.63, 3.8) is 0 Å². The number of pyridine rings is 1. The third kappa shape index (κ3) is 8.34. The Hall–Kier alpha value is -5.57. The van der Waals surface area contributed by atoms with Gasteiger partial charge in [0, 0.05) is 63.2 Å². The van der Waals surface area contributed by atoms with E-state index in [-0.39, 0.29) is 43.8 Å². The molecule has 2 aromatic heterocycles. The van der Waals surface area contributed by atoms with Crippen molar-refractivity contribution in [2.24, 2.45) is 0 Å². The molecular formula is C54H52N3OPt-. The summed E-state index contributed by atoms with van der Waals surface area (Å²) >= 11 is 0. The van der Waals surface area contributed by atoms with E-state index in [0.29, 0.717) is 61.4 Å². The molecule has 0 radical (unpaired) electrons. The van der Waals surface area contributed by atoms with E-state index < -0.39 is 62.9 Å². The number of imidazole rings is 1. The number of para-hydroxylation sites is 2. The molecule has 0 fully saturated rings. The van der Waals surface area contributed by atoms with Crippen LogP contribution in [-0.4, -0.2) is 19.6 Å². The Balaban J connectivity index is 0.00000861. The average Bonchev–Trinajstić information content (AvgIpc) is 3.69. The SMILES string of the molecule is [2H]C([2H])([2H])C(c1ccc(-c2ccnc(-c3[c-]c(-c4cccc5c4nc(-c4ccccc4O)n5-c4ccc(C(C([2H])([2H])[2H])(C([2H])([2H])[2H])C([2H])([2H])[2H])cc4-c4ccccc4)cc(C(C)(C)C)c3)c2)cc1)(C([2H])([2H])[2H])C([2H])([2H])[2H].[Pt]. The summed E-state index contributed by atoms with van der Waals surface area (Å²) in [6.07, 6.45) is 1.57. The molecule has 0 saturated carbocycles. The zero-order chi connectivity index (χ0) is 56.0. The first-order valence-corrected chi connectivity index (χ1v) is 18.7. The van der Waals surface area contributed by atoms with Crippen molar-refractivity contribution in [3.8, 4) is 67.5 Å². The van der Waals surface area contributed by atoms with Crippen molar-refractivity contribution in [2.45, 2.75) is 78.1 Å². The molecule has 0 atom stereocenters. The van der Waals surface area contributed by atoms with Crippen LogP contribution >= 0.6 is 0 Å². The second-order valence-electron chi connectivity index (χ2n) is 15.5. The molecule has 0 aliphatic rings. The van der Waals surface area contributed by atoms with E-state index in [1.807, 2.05) is 45.0 Å². The number of fused-ring (bicyclic) bond motifs is 1. The smallest absolute Gasteiger partial charge is 0.148 e. The Kier molecular flexibility index (Phi) is 6.60. The van der Waals surface area contributed by atoms with Gasteiger partial charge in [0.2, 0.25) is 0 Å². The quantitative estimate of drug-likeness (QED) is 0.169. The average molecular weight is 972 g/mol. The van der Waals surface area contributed by atoms with Crippen molar-refractivity contribution in [1.82, 2.24) is 14.5 Å². The van der Waals surface area contributed by atoms with Gasteiger partial charge in [-0.15, -0.1) is 29.3 Å². The minimum atomic E-state index is -3.53. The number of aromatic hydroxyl groups is 1. The number of phenols is 1. The van der Waals surface area contributed by atoms with Gasteiger partial charge < -0.3 is 5.11 Å². The maximum atomic E-state index is 11.5. The Morgan fingerprint density at radius 2 is 1.22 bits per heavy atom. The monoisotopic (exact) mass is 971 g/mol. The van der Waals surface area contributed by atoms with Gasteiger partial charge in [-0.05, 0) is 80.5 Å². The molecule has 2 heterocycles. The van der Waals surface area contributed by atoms with Gasteiger partial charge in [-0.25, -0.2) is 4.98 Å². The topological polar surface area (TPSA) is 50.9 Å².